The van der Waals surface area contributed by atoms with E-state index in [4.69, 9.17) is 30.5 Å². The minimum Gasteiger partial charge on any atom is -0.490 e. The first-order valence-corrected chi connectivity index (χ1v) is 11.6. The van der Waals surface area contributed by atoms with E-state index in [2.05, 4.69) is 15.5 Å². The molecular weight excluding hydrogens is 494 g/mol. The number of thiazole rings is 1. The number of amidine groups is 1. The van der Waals surface area contributed by atoms with E-state index in [1.165, 1.54) is 5.38 Å². The number of nitrogens with zero attached hydrogens (tertiary/aromatic N) is 3. The number of anilines is 1. The van der Waals surface area contributed by atoms with Crippen LogP contribution in [0.2, 0.25) is 0 Å². The topological polar surface area (TPSA) is 230 Å². The zero-order valence-electron chi connectivity index (χ0n) is 17.2. The highest BCUT2D eigenvalue weighted by Crippen LogP contribution is 2.16. The molecule has 3 rings (SSSR count). The van der Waals surface area contributed by atoms with Crippen LogP contribution in [0.5, 0.6) is 5.75 Å². The van der Waals surface area contributed by atoms with Gasteiger partial charge in [-0.05, 0) is 24.3 Å². The summed E-state index contributed by atoms with van der Waals surface area (Å²) in [5, 5.41) is 23.8. The van der Waals surface area contributed by atoms with E-state index < -0.39 is 34.7 Å². The van der Waals surface area contributed by atoms with Crippen molar-refractivity contribution in [2.45, 2.75) is 6.04 Å². The molecule has 34 heavy (non-hydrogen) atoms. The molecule has 1 aromatic carbocycles. The fourth-order valence-corrected chi connectivity index (χ4v) is 3.87. The molecule has 1 aliphatic heterocycles. The number of carbonyl (C=O) groups excluding carboxylic acids is 2. The van der Waals surface area contributed by atoms with E-state index in [9.17, 15) is 18.0 Å². The molecule has 182 valence electrons. The molecule has 7 N–H and O–H groups in total. The number of hydroxylamine groups is 1. The second kappa shape index (κ2) is 10.4. The van der Waals surface area contributed by atoms with Crippen molar-refractivity contribution in [1.29, 1.82) is 5.41 Å². The van der Waals surface area contributed by atoms with Gasteiger partial charge in [-0.3, -0.25) is 30.2 Å². The minimum absolute atomic E-state index is 0.0388. The Morgan fingerprint density at radius 3 is 2.62 bits per heavy atom. The van der Waals surface area contributed by atoms with E-state index >= 15 is 0 Å². The van der Waals surface area contributed by atoms with Crippen LogP contribution in [0.1, 0.15) is 11.3 Å². The van der Waals surface area contributed by atoms with Crippen molar-refractivity contribution >= 4 is 50.1 Å². The van der Waals surface area contributed by atoms with Gasteiger partial charge in [-0.15, -0.1) is 11.3 Å². The zero-order chi connectivity index (χ0) is 24.9. The number of nitrogens with one attached hydrogen (secondary N) is 3. The predicted molar refractivity (Wildman–Crippen MR) is 118 cm³/mol. The van der Waals surface area contributed by atoms with E-state index in [0.717, 1.165) is 11.3 Å². The maximum atomic E-state index is 12.6. The normalized spacial score (nSPS) is 15.9. The van der Waals surface area contributed by atoms with Gasteiger partial charge in [0.15, 0.2) is 17.5 Å². The Morgan fingerprint density at radius 2 is 2.06 bits per heavy atom. The van der Waals surface area contributed by atoms with Gasteiger partial charge in [0.2, 0.25) is 0 Å². The van der Waals surface area contributed by atoms with Gasteiger partial charge in [-0.2, -0.15) is 8.42 Å². The number of benzene rings is 1. The number of carbonyl (C=O) groups is 2. The third-order valence-corrected chi connectivity index (χ3v) is 5.87. The first-order valence-electron chi connectivity index (χ1n) is 9.33. The van der Waals surface area contributed by atoms with Gasteiger partial charge in [0.1, 0.15) is 29.9 Å². The van der Waals surface area contributed by atoms with Crippen molar-refractivity contribution in [2.24, 2.45) is 5.16 Å². The van der Waals surface area contributed by atoms with E-state index in [0.29, 0.717) is 11.3 Å². The van der Waals surface area contributed by atoms with Gasteiger partial charge in [0.25, 0.3) is 11.8 Å². The highest BCUT2D eigenvalue weighted by Gasteiger charge is 2.45. The Kier molecular flexibility index (Phi) is 7.61. The molecule has 2 aromatic rings. The second-order valence-corrected chi connectivity index (χ2v) is 8.80. The molecule has 0 bridgehead atoms. The van der Waals surface area contributed by atoms with Crippen LogP contribution in [0.3, 0.4) is 0 Å². The lowest BCUT2D eigenvalue weighted by Gasteiger charge is -2.35. The maximum absolute atomic E-state index is 12.6. The summed E-state index contributed by atoms with van der Waals surface area (Å²) in [5.41, 5.74) is 7.55. The van der Waals surface area contributed by atoms with Crippen LogP contribution in [0.4, 0.5) is 5.13 Å². The maximum Gasteiger partial charge on any atom is 0.362 e. The fraction of sp³-hybridized carbons (Fsp3) is 0.235. The molecule has 1 aliphatic rings. The van der Waals surface area contributed by atoms with Gasteiger partial charge in [-0.1, -0.05) is 5.16 Å². The summed E-state index contributed by atoms with van der Waals surface area (Å²) in [4.78, 5) is 33.5. The molecule has 0 spiro atoms. The highest BCUT2D eigenvalue weighted by molar-refractivity contribution is 7.84. The number of rotatable bonds is 10. The molecule has 15 nitrogen and oxygen atoms in total. The SMILES string of the molecule is N=C(NO)c1ccc(OCCO/N=C(\C(=O)N[C@H]2CN(S(=O)(=O)O)C2=O)c2csc(N)n2)cc1. The average Bonchev–Trinajstić information content (AvgIpc) is 3.22. The van der Waals surface area contributed by atoms with Crippen LogP contribution in [-0.4, -0.2) is 76.6 Å². The average molecular weight is 514 g/mol. The molecule has 0 radical (unpaired) electrons. The number of oxime groups is 1. The summed E-state index contributed by atoms with van der Waals surface area (Å²) in [6.45, 7) is -0.473. The van der Waals surface area contributed by atoms with Crippen LogP contribution >= 0.6 is 11.3 Å². The summed E-state index contributed by atoms with van der Waals surface area (Å²) in [7, 11) is -4.69. The van der Waals surface area contributed by atoms with Gasteiger partial charge < -0.3 is 20.6 Å². The summed E-state index contributed by atoms with van der Waals surface area (Å²) in [6, 6.07) is 5.09. The summed E-state index contributed by atoms with van der Waals surface area (Å²) in [5.74, 6) is -1.58. The minimum atomic E-state index is -4.69. The van der Waals surface area contributed by atoms with Gasteiger partial charge in [-0.25, -0.2) is 9.29 Å². The zero-order valence-corrected chi connectivity index (χ0v) is 18.8. The van der Waals surface area contributed by atoms with Gasteiger partial charge in [0.05, 0.1) is 6.54 Å². The number of amides is 2. The van der Waals surface area contributed by atoms with E-state index in [1.807, 2.05) is 0 Å². The first-order chi connectivity index (χ1) is 16.1. The number of ether oxygens (including phenoxy) is 1. The molecule has 0 unspecified atom stereocenters. The Morgan fingerprint density at radius 1 is 1.35 bits per heavy atom. The number of nitrogen functional groups attached to an aromatic ring is 1. The van der Waals surface area contributed by atoms with Crippen LogP contribution in [0.15, 0.2) is 34.8 Å². The molecule has 1 saturated heterocycles. The third-order valence-electron chi connectivity index (χ3n) is 4.31. The molecule has 1 aromatic heterocycles. The smallest absolute Gasteiger partial charge is 0.362 e. The molecule has 2 amide bonds. The highest BCUT2D eigenvalue weighted by atomic mass is 32.2. The Hall–Kier alpha value is -3.80. The standard InChI is InChI=1S/C17H19N7O8S2/c18-14(22-27)9-1-3-10(4-2-9)31-5-6-32-23-13(12-8-33-17(19)21-12)15(25)20-11-7-24(16(11)26)34(28,29)30/h1-4,8,11,27H,5-7H2,(H2,18,22)(H2,19,21)(H,20,25)(H,28,29,30)/b23-13-/t11-/m0/s1. The van der Waals surface area contributed by atoms with Crippen molar-refractivity contribution < 1.29 is 37.3 Å². The molecule has 0 aliphatic carbocycles. The van der Waals surface area contributed by atoms with E-state index in [1.54, 1.807) is 29.7 Å². The number of hydrogen-bond donors (Lipinski definition) is 6. The summed E-state index contributed by atoms with van der Waals surface area (Å²) >= 11 is 1.04. The van der Waals surface area contributed by atoms with Crippen LogP contribution < -0.4 is 21.3 Å². The number of β-lactam (4-membered cyclic amide) rings is 1. The Labute approximate surface area is 196 Å². The molecule has 17 heteroatoms. The third kappa shape index (κ3) is 5.95. The number of aromatic nitrogens is 1. The molecular formula is C17H19N7O8S2. The predicted octanol–water partition coefficient (Wildman–Crippen LogP) is -1.04. The van der Waals surface area contributed by atoms with E-state index in [-0.39, 0.29) is 39.9 Å². The monoisotopic (exact) mass is 513 g/mol. The van der Waals surface area contributed by atoms with Crippen molar-refractivity contribution in [1.82, 2.24) is 20.1 Å². The summed E-state index contributed by atoms with van der Waals surface area (Å²) in [6.07, 6.45) is 0. The fourth-order valence-electron chi connectivity index (χ4n) is 2.63. The van der Waals surface area contributed by atoms with Crippen molar-refractivity contribution in [3.63, 3.8) is 0 Å². The van der Waals surface area contributed by atoms with Crippen LogP contribution in [0.25, 0.3) is 0 Å². The largest absolute Gasteiger partial charge is 0.490 e. The molecule has 1 atom stereocenters. The molecule has 2 heterocycles. The van der Waals surface area contributed by atoms with Crippen LogP contribution in [-0.2, 0) is 24.7 Å². The first kappa shape index (κ1) is 24.8. The van der Waals surface area contributed by atoms with Gasteiger partial charge in [0, 0.05) is 10.9 Å². The molecule has 0 saturated carbocycles. The second-order valence-electron chi connectivity index (χ2n) is 6.58. The van der Waals surface area contributed by atoms with Gasteiger partial charge >= 0.3 is 10.3 Å². The quantitative estimate of drug-likeness (QED) is 0.0561. The lowest BCUT2D eigenvalue weighted by atomic mass is 10.1. The Balaban J connectivity index is 1.57. The lowest BCUT2D eigenvalue weighted by molar-refractivity contribution is -0.139. The van der Waals surface area contributed by atoms with Crippen molar-refractivity contribution in [3.05, 3.63) is 40.9 Å². The summed E-state index contributed by atoms with van der Waals surface area (Å²) < 4.78 is 36.6. The lowest BCUT2D eigenvalue weighted by Crippen LogP contribution is -2.65. The van der Waals surface area contributed by atoms with Crippen molar-refractivity contribution in [2.75, 3.05) is 25.5 Å². The number of hydrogen-bond acceptors (Lipinski definition) is 12. The number of nitrogens with two attached hydrogens (primary N) is 1. The Bertz CT molecular complexity index is 1210. The molecule has 1 fully saturated rings. The van der Waals surface area contributed by atoms with Crippen LogP contribution in [0, 0.1) is 5.41 Å². The van der Waals surface area contributed by atoms with Crippen molar-refractivity contribution in [3.8, 4) is 5.75 Å².